The fraction of sp³-hybridized carbons (Fsp3) is 0. The van der Waals surface area contributed by atoms with Crippen molar-refractivity contribution >= 4 is 22.7 Å². The van der Waals surface area contributed by atoms with E-state index in [1.807, 2.05) is 6.07 Å². The van der Waals surface area contributed by atoms with Crippen LogP contribution >= 0.6 is 0 Å². The number of aromatic nitrogens is 2. The maximum atomic E-state index is 5.26. The van der Waals surface area contributed by atoms with E-state index in [4.69, 9.17) is 11.5 Å². The SMILES string of the molecule is NC(N)=Nc1ccc2nccnc2c1. The molecule has 2 aromatic rings. The second-order valence-corrected chi connectivity index (χ2v) is 2.77. The van der Waals surface area contributed by atoms with Gasteiger partial charge in [0.1, 0.15) is 0 Å². The second-order valence-electron chi connectivity index (χ2n) is 2.77. The van der Waals surface area contributed by atoms with Gasteiger partial charge in [-0.3, -0.25) is 9.97 Å². The summed E-state index contributed by atoms with van der Waals surface area (Å²) in [5.74, 6) is 0.0354. The largest absolute Gasteiger partial charge is 0.370 e. The molecule has 0 radical (unpaired) electrons. The van der Waals surface area contributed by atoms with Crippen LogP contribution in [0, 0.1) is 0 Å². The fourth-order valence-corrected chi connectivity index (χ4v) is 1.17. The maximum Gasteiger partial charge on any atom is 0.191 e. The van der Waals surface area contributed by atoms with Gasteiger partial charge in [0.05, 0.1) is 16.7 Å². The molecule has 5 nitrogen and oxygen atoms in total. The zero-order valence-electron chi connectivity index (χ0n) is 7.38. The Hall–Kier alpha value is -2.17. The van der Waals surface area contributed by atoms with E-state index in [1.54, 1.807) is 24.5 Å². The highest BCUT2D eigenvalue weighted by Gasteiger charge is 1.96. The number of benzene rings is 1. The smallest absolute Gasteiger partial charge is 0.191 e. The molecule has 70 valence electrons. The van der Waals surface area contributed by atoms with Gasteiger partial charge in [0.15, 0.2) is 5.96 Å². The number of aliphatic imine (C=N–C) groups is 1. The molecule has 0 aliphatic rings. The highest BCUT2D eigenvalue weighted by atomic mass is 15.0. The quantitative estimate of drug-likeness (QED) is 0.503. The molecular weight excluding hydrogens is 178 g/mol. The molecule has 0 amide bonds. The van der Waals surface area contributed by atoms with Crippen LogP contribution in [0.1, 0.15) is 0 Å². The first-order valence-electron chi connectivity index (χ1n) is 4.06. The molecule has 0 saturated heterocycles. The summed E-state index contributed by atoms with van der Waals surface area (Å²) < 4.78 is 0. The minimum absolute atomic E-state index is 0.0354. The van der Waals surface area contributed by atoms with Crippen molar-refractivity contribution in [2.24, 2.45) is 16.5 Å². The van der Waals surface area contributed by atoms with Gasteiger partial charge >= 0.3 is 0 Å². The van der Waals surface area contributed by atoms with E-state index >= 15 is 0 Å². The third kappa shape index (κ3) is 1.61. The molecule has 1 aromatic carbocycles. The Balaban J connectivity index is 2.57. The van der Waals surface area contributed by atoms with Crippen LogP contribution in [0.4, 0.5) is 5.69 Å². The third-order valence-corrected chi connectivity index (χ3v) is 1.71. The van der Waals surface area contributed by atoms with Gasteiger partial charge in [-0.2, -0.15) is 0 Å². The van der Waals surface area contributed by atoms with Crippen molar-refractivity contribution in [3.8, 4) is 0 Å². The van der Waals surface area contributed by atoms with E-state index in [0.29, 0.717) is 5.69 Å². The molecular formula is C9H9N5. The summed E-state index contributed by atoms with van der Waals surface area (Å²) in [7, 11) is 0. The fourth-order valence-electron chi connectivity index (χ4n) is 1.17. The molecule has 0 bridgehead atoms. The Morgan fingerprint density at radius 2 is 1.79 bits per heavy atom. The predicted molar refractivity (Wildman–Crippen MR) is 55.0 cm³/mol. The number of hydrogen-bond donors (Lipinski definition) is 2. The molecule has 0 atom stereocenters. The van der Waals surface area contributed by atoms with Crippen molar-refractivity contribution in [2.45, 2.75) is 0 Å². The van der Waals surface area contributed by atoms with E-state index in [-0.39, 0.29) is 5.96 Å². The number of rotatable bonds is 1. The number of guanidine groups is 1. The van der Waals surface area contributed by atoms with Gasteiger partial charge in [-0.1, -0.05) is 0 Å². The zero-order valence-corrected chi connectivity index (χ0v) is 7.38. The van der Waals surface area contributed by atoms with E-state index < -0.39 is 0 Å². The van der Waals surface area contributed by atoms with Crippen molar-refractivity contribution in [1.82, 2.24) is 9.97 Å². The minimum atomic E-state index is 0.0354. The molecule has 14 heavy (non-hydrogen) atoms. The highest BCUT2D eigenvalue weighted by Crippen LogP contribution is 2.17. The zero-order chi connectivity index (χ0) is 9.97. The number of hydrogen-bond acceptors (Lipinski definition) is 3. The molecule has 2 rings (SSSR count). The molecule has 0 aliphatic carbocycles. The van der Waals surface area contributed by atoms with Crippen molar-refractivity contribution < 1.29 is 0 Å². The molecule has 0 fully saturated rings. The average molecular weight is 187 g/mol. The number of nitrogens with zero attached hydrogens (tertiary/aromatic N) is 3. The van der Waals surface area contributed by atoms with Gasteiger partial charge < -0.3 is 11.5 Å². The Labute approximate surface area is 80.5 Å². The van der Waals surface area contributed by atoms with Crippen molar-refractivity contribution in [2.75, 3.05) is 0 Å². The standard InChI is InChI=1S/C9H9N5/c10-9(11)14-6-1-2-7-8(5-6)13-4-3-12-7/h1-5H,(H4,10,11,14). The van der Waals surface area contributed by atoms with Crippen LogP contribution in [0.3, 0.4) is 0 Å². The summed E-state index contributed by atoms with van der Waals surface area (Å²) in [6.07, 6.45) is 3.27. The third-order valence-electron chi connectivity index (χ3n) is 1.71. The lowest BCUT2D eigenvalue weighted by Gasteiger charge is -1.97. The molecule has 0 spiro atoms. The van der Waals surface area contributed by atoms with Crippen molar-refractivity contribution in [3.05, 3.63) is 30.6 Å². The first-order valence-corrected chi connectivity index (χ1v) is 4.06. The van der Waals surface area contributed by atoms with Gasteiger partial charge in [0, 0.05) is 12.4 Å². The van der Waals surface area contributed by atoms with Gasteiger partial charge in [-0.05, 0) is 18.2 Å². The average Bonchev–Trinajstić information content (AvgIpc) is 2.17. The summed E-state index contributed by atoms with van der Waals surface area (Å²) in [4.78, 5) is 12.2. The van der Waals surface area contributed by atoms with Crippen molar-refractivity contribution in [1.29, 1.82) is 0 Å². The van der Waals surface area contributed by atoms with Gasteiger partial charge in [-0.15, -0.1) is 0 Å². The lowest BCUT2D eigenvalue weighted by Crippen LogP contribution is -2.21. The maximum absolute atomic E-state index is 5.26. The van der Waals surface area contributed by atoms with Crippen LogP contribution in [-0.4, -0.2) is 15.9 Å². The Morgan fingerprint density at radius 3 is 2.50 bits per heavy atom. The lowest BCUT2D eigenvalue weighted by molar-refractivity contribution is 1.29. The Bertz CT molecular complexity index is 487. The first kappa shape index (κ1) is 8.43. The van der Waals surface area contributed by atoms with Crippen LogP contribution in [0.25, 0.3) is 11.0 Å². The summed E-state index contributed by atoms with van der Waals surface area (Å²) in [6, 6.07) is 5.39. The molecule has 0 saturated carbocycles. The predicted octanol–water partition coefficient (Wildman–Crippen LogP) is 0.535. The van der Waals surface area contributed by atoms with Gasteiger partial charge in [0.25, 0.3) is 0 Å². The monoisotopic (exact) mass is 187 g/mol. The highest BCUT2D eigenvalue weighted by molar-refractivity contribution is 5.82. The van der Waals surface area contributed by atoms with Crippen LogP contribution < -0.4 is 11.5 Å². The van der Waals surface area contributed by atoms with Crippen molar-refractivity contribution in [3.63, 3.8) is 0 Å². The molecule has 0 unspecified atom stereocenters. The molecule has 1 aromatic heterocycles. The molecule has 5 heteroatoms. The summed E-state index contributed by atoms with van der Waals surface area (Å²) >= 11 is 0. The first-order chi connectivity index (χ1) is 6.75. The Morgan fingerprint density at radius 1 is 1.07 bits per heavy atom. The van der Waals surface area contributed by atoms with Crippen LogP contribution in [0.2, 0.25) is 0 Å². The topological polar surface area (TPSA) is 90.2 Å². The van der Waals surface area contributed by atoms with Crippen LogP contribution in [0.5, 0.6) is 0 Å². The molecule has 4 N–H and O–H groups in total. The second kappa shape index (κ2) is 3.29. The summed E-state index contributed by atoms with van der Waals surface area (Å²) in [5.41, 5.74) is 12.8. The normalized spacial score (nSPS) is 10.0. The van der Waals surface area contributed by atoms with Gasteiger partial charge in [0.2, 0.25) is 0 Å². The summed E-state index contributed by atoms with van der Waals surface area (Å²) in [5, 5.41) is 0. The van der Waals surface area contributed by atoms with Gasteiger partial charge in [-0.25, -0.2) is 4.99 Å². The van der Waals surface area contributed by atoms with E-state index in [9.17, 15) is 0 Å². The van der Waals surface area contributed by atoms with Crippen LogP contribution in [0.15, 0.2) is 35.6 Å². The Kier molecular flexibility index (Phi) is 1.98. The van der Waals surface area contributed by atoms with E-state index in [2.05, 4.69) is 15.0 Å². The minimum Gasteiger partial charge on any atom is -0.370 e. The number of nitrogens with two attached hydrogens (primary N) is 2. The lowest BCUT2D eigenvalue weighted by atomic mass is 10.2. The number of fused-ring (bicyclic) bond motifs is 1. The molecule has 0 aliphatic heterocycles. The van der Waals surface area contributed by atoms with Crippen LogP contribution in [-0.2, 0) is 0 Å². The van der Waals surface area contributed by atoms with E-state index in [0.717, 1.165) is 11.0 Å². The summed E-state index contributed by atoms with van der Waals surface area (Å²) in [6.45, 7) is 0. The van der Waals surface area contributed by atoms with E-state index in [1.165, 1.54) is 0 Å². The molecule has 1 heterocycles.